The van der Waals surface area contributed by atoms with Gasteiger partial charge < -0.3 is 19.2 Å². The molecule has 0 unspecified atom stereocenters. The molecule has 2 rings (SSSR count). The van der Waals surface area contributed by atoms with Gasteiger partial charge in [0.25, 0.3) is 0 Å². The fraction of sp³-hybridized carbons (Fsp3) is 0.350. The molecular formula is C20H23NO6. The number of hydrogen-bond acceptors (Lipinski definition) is 6. The number of carbonyl (C=O) groups excluding carboxylic acids is 3. The molecule has 144 valence electrons. The number of esters is 1. The second kappa shape index (κ2) is 8.07. The maximum Gasteiger partial charge on any atom is 0.339 e. The topological polar surface area (TPSA) is 94.7 Å². The van der Waals surface area contributed by atoms with Gasteiger partial charge in [-0.1, -0.05) is 0 Å². The molecule has 0 spiro atoms. The van der Waals surface area contributed by atoms with Gasteiger partial charge in [0.1, 0.15) is 11.5 Å². The van der Waals surface area contributed by atoms with Gasteiger partial charge in [-0.3, -0.25) is 9.59 Å². The predicted molar refractivity (Wildman–Crippen MR) is 99.0 cm³/mol. The van der Waals surface area contributed by atoms with Gasteiger partial charge in [0.05, 0.1) is 25.5 Å². The first kappa shape index (κ1) is 20.2. The maximum atomic E-state index is 12.7. The summed E-state index contributed by atoms with van der Waals surface area (Å²) in [6, 6.07) is 4.62. The van der Waals surface area contributed by atoms with E-state index in [1.807, 2.05) is 0 Å². The first-order valence-corrected chi connectivity index (χ1v) is 8.38. The molecule has 0 bridgehead atoms. The monoisotopic (exact) mass is 373 g/mol. The summed E-state index contributed by atoms with van der Waals surface area (Å²) in [5.41, 5.74) is 2.11. The normalized spacial score (nSPS) is 11.6. The molecule has 0 aliphatic rings. The number of ether oxygens (including phenoxy) is 3. The Bertz CT molecular complexity index is 874. The fourth-order valence-corrected chi connectivity index (χ4v) is 2.94. The summed E-state index contributed by atoms with van der Waals surface area (Å²) in [5.74, 6) is -0.357. The van der Waals surface area contributed by atoms with Crippen LogP contribution in [0.5, 0.6) is 11.5 Å². The molecule has 2 aromatic rings. The minimum absolute atomic E-state index is 0.131. The molecule has 0 saturated heterocycles. The third-order valence-electron chi connectivity index (χ3n) is 4.28. The van der Waals surface area contributed by atoms with Crippen LogP contribution in [-0.4, -0.2) is 42.8 Å². The Morgan fingerprint density at radius 2 is 1.56 bits per heavy atom. The number of methoxy groups -OCH3 is 2. The first-order chi connectivity index (χ1) is 12.7. The summed E-state index contributed by atoms with van der Waals surface area (Å²) in [5, 5.41) is 0. The minimum atomic E-state index is -1.04. The Morgan fingerprint density at radius 3 is 2.00 bits per heavy atom. The number of ketones is 2. The summed E-state index contributed by atoms with van der Waals surface area (Å²) in [7, 11) is 2.94. The van der Waals surface area contributed by atoms with Crippen LogP contribution in [0.25, 0.3) is 0 Å². The number of aromatic amines is 1. The summed E-state index contributed by atoms with van der Waals surface area (Å²) in [6.07, 6.45) is -1.04. The van der Waals surface area contributed by atoms with Crippen molar-refractivity contribution in [2.24, 2.45) is 0 Å². The number of nitrogens with one attached hydrogen (secondary N) is 1. The second-order valence-electron chi connectivity index (χ2n) is 6.19. The Hall–Kier alpha value is -3.09. The number of aromatic nitrogens is 1. The van der Waals surface area contributed by atoms with Crippen LogP contribution < -0.4 is 9.47 Å². The third-order valence-corrected chi connectivity index (χ3v) is 4.28. The van der Waals surface area contributed by atoms with E-state index in [4.69, 9.17) is 14.2 Å². The van der Waals surface area contributed by atoms with Gasteiger partial charge in [0.15, 0.2) is 11.9 Å². The molecule has 1 aromatic carbocycles. The van der Waals surface area contributed by atoms with Gasteiger partial charge >= 0.3 is 5.97 Å². The Labute approximate surface area is 157 Å². The fourth-order valence-electron chi connectivity index (χ4n) is 2.94. The number of benzene rings is 1. The third kappa shape index (κ3) is 4.19. The lowest BCUT2D eigenvalue weighted by Gasteiger charge is -2.13. The van der Waals surface area contributed by atoms with Crippen molar-refractivity contribution in [2.45, 2.75) is 33.8 Å². The van der Waals surface area contributed by atoms with Crippen molar-refractivity contribution in [3.63, 3.8) is 0 Å². The molecule has 0 aliphatic heterocycles. The maximum absolute atomic E-state index is 12.7. The van der Waals surface area contributed by atoms with Crippen LogP contribution in [0.3, 0.4) is 0 Å². The molecule has 1 aromatic heterocycles. The lowest BCUT2D eigenvalue weighted by molar-refractivity contribution is 0.0316. The van der Waals surface area contributed by atoms with E-state index < -0.39 is 17.9 Å². The van der Waals surface area contributed by atoms with Crippen LogP contribution >= 0.6 is 0 Å². The number of hydrogen-bond donors (Lipinski definition) is 1. The molecular weight excluding hydrogens is 350 g/mol. The molecule has 27 heavy (non-hydrogen) atoms. The Balaban J connectivity index is 2.23. The smallest absolute Gasteiger partial charge is 0.339 e. The summed E-state index contributed by atoms with van der Waals surface area (Å²) < 4.78 is 15.6. The van der Waals surface area contributed by atoms with Gasteiger partial charge in [-0.15, -0.1) is 0 Å². The molecule has 0 saturated carbocycles. The molecule has 1 heterocycles. The van der Waals surface area contributed by atoms with Crippen LogP contribution in [0, 0.1) is 13.8 Å². The number of Topliss-reactive ketones (excluding diaryl/α,β-unsaturated/α-hetero) is 2. The first-order valence-electron chi connectivity index (χ1n) is 8.38. The van der Waals surface area contributed by atoms with Crippen LogP contribution in [0.4, 0.5) is 0 Å². The lowest BCUT2D eigenvalue weighted by Crippen LogP contribution is -2.25. The molecule has 7 heteroatoms. The van der Waals surface area contributed by atoms with Gasteiger partial charge in [0, 0.05) is 17.3 Å². The zero-order valence-corrected chi connectivity index (χ0v) is 16.3. The van der Waals surface area contributed by atoms with Crippen LogP contribution in [0.2, 0.25) is 0 Å². The highest BCUT2D eigenvalue weighted by Crippen LogP contribution is 2.24. The van der Waals surface area contributed by atoms with Crippen molar-refractivity contribution in [3.8, 4) is 11.5 Å². The summed E-state index contributed by atoms with van der Waals surface area (Å²) in [6.45, 7) is 6.34. The zero-order valence-electron chi connectivity index (χ0n) is 16.3. The van der Waals surface area contributed by atoms with E-state index >= 15 is 0 Å². The summed E-state index contributed by atoms with van der Waals surface area (Å²) >= 11 is 0. The van der Waals surface area contributed by atoms with E-state index in [1.165, 1.54) is 40.2 Å². The van der Waals surface area contributed by atoms with Crippen molar-refractivity contribution in [1.82, 2.24) is 4.98 Å². The van der Waals surface area contributed by atoms with E-state index in [0.717, 1.165) is 0 Å². The van der Waals surface area contributed by atoms with E-state index in [2.05, 4.69) is 4.98 Å². The van der Waals surface area contributed by atoms with Gasteiger partial charge in [-0.25, -0.2) is 4.79 Å². The van der Waals surface area contributed by atoms with Gasteiger partial charge in [0.2, 0.25) is 5.78 Å². The predicted octanol–water partition coefficient (Wildman–Crippen LogP) is 3.28. The van der Waals surface area contributed by atoms with E-state index in [9.17, 15) is 14.4 Å². The van der Waals surface area contributed by atoms with Crippen molar-refractivity contribution >= 4 is 17.5 Å². The minimum Gasteiger partial charge on any atom is -0.497 e. The standard InChI is InChI=1S/C20H23NO6/c1-10-17(12(3)22)11(2)21-18(10)19(23)13(4)27-20(24)14-7-15(25-5)9-16(8-14)26-6/h7-9,13,21H,1-6H3/t13-/m0/s1. The molecule has 0 radical (unpaired) electrons. The highest BCUT2D eigenvalue weighted by Gasteiger charge is 2.26. The van der Waals surface area contributed by atoms with E-state index in [1.54, 1.807) is 19.9 Å². The molecule has 0 amide bonds. The highest BCUT2D eigenvalue weighted by molar-refractivity contribution is 6.05. The van der Waals surface area contributed by atoms with E-state index in [-0.39, 0.29) is 17.0 Å². The average Bonchev–Trinajstić information content (AvgIpc) is 2.94. The lowest BCUT2D eigenvalue weighted by atomic mass is 10.0. The van der Waals surface area contributed by atoms with Crippen molar-refractivity contribution in [2.75, 3.05) is 14.2 Å². The average molecular weight is 373 g/mol. The largest absolute Gasteiger partial charge is 0.497 e. The SMILES string of the molecule is COc1cc(OC)cc(C(=O)O[C@@H](C)C(=O)c2[nH]c(C)c(C(C)=O)c2C)c1. The molecule has 1 atom stereocenters. The van der Waals surface area contributed by atoms with Crippen molar-refractivity contribution in [3.05, 3.63) is 46.3 Å². The molecule has 0 fully saturated rings. The van der Waals surface area contributed by atoms with Crippen molar-refractivity contribution in [1.29, 1.82) is 0 Å². The Morgan fingerprint density at radius 1 is 1.00 bits per heavy atom. The van der Waals surface area contributed by atoms with Gasteiger partial charge in [-0.2, -0.15) is 0 Å². The second-order valence-corrected chi connectivity index (χ2v) is 6.19. The number of rotatable bonds is 7. The van der Waals surface area contributed by atoms with Crippen LogP contribution in [0.1, 0.15) is 56.3 Å². The molecule has 1 N–H and O–H groups in total. The van der Waals surface area contributed by atoms with Crippen LogP contribution in [0.15, 0.2) is 18.2 Å². The van der Waals surface area contributed by atoms with E-state index in [0.29, 0.717) is 28.3 Å². The number of carbonyl (C=O) groups is 3. The van der Waals surface area contributed by atoms with Crippen LogP contribution in [-0.2, 0) is 4.74 Å². The molecule has 0 aliphatic carbocycles. The molecule has 7 nitrogen and oxygen atoms in total. The number of aryl methyl sites for hydroxylation is 1. The number of H-pyrrole nitrogens is 1. The Kier molecular flexibility index (Phi) is 6.05. The summed E-state index contributed by atoms with van der Waals surface area (Å²) in [4.78, 5) is 39.8. The quantitative estimate of drug-likeness (QED) is 0.591. The zero-order chi connectivity index (χ0) is 20.3. The highest BCUT2D eigenvalue weighted by atomic mass is 16.5. The van der Waals surface area contributed by atoms with Crippen molar-refractivity contribution < 1.29 is 28.6 Å². The van der Waals surface area contributed by atoms with Gasteiger partial charge in [-0.05, 0) is 45.4 Å².